The Balaban J connectivity index is 1.61. The van der Waals surface area contributed by atoms with Crippen molar-refractivity contribution in [3.05, 3.63) is 77.5 Å². The number of amides is 1. The molecule has 156 valence electrons. The molecule has 9 heteroatoms. The quantitative estimate of drug-likeness (QED) is 0.613. The molecule has 2 unspecified atom stereocenters. The van der Waals surface area contributed by atoms with Crippen molar-refractivity contribution in [2.75, 3.05) is 6.54 Å². The zero-order chi connectivity index (χ0) is 21.3. The Bertz CT molecular complexity index is 1050. The molecule has 1 aliphatic rings. The van der Waals surface area contributed by atoms with Crippen molar-refractivity contribution in [3.8, 4) is 11.3 Å². The standard InChI is InChI=1S/C21H20F3N5O/c1-29-10-9-17(28-29)15-11-14(7-8-16(15)21(22,23)24)20(30)26-18-12-25-27-19(18)13-5-3-2-4-6-13/h2-11,18-19,25,27H,12H2,1H3,(H,26,30). The van der Waals surface area contributed by atoms with Gasteiger partial charge in [0, 0.05) is 30.9 Å². The summed E-state index contributed by atoms with van der Waals surface area (Å²) in [5, 5.41) is 6.99. The average molecular weight is 415 g/mol. The van der Waals surface area contributed by atoms with Crippen LogP contribution in [0.25, 0.3) is 11.3 Å². The third-order valence-electron chi connectivity index (χ3n) is 5.03. The second kappa shape index (κ2) is 7.92. The lowest BCUT2D eigenvalue weighted by atomic mass is 9.99. The van der Waals surface area contributed by atoms with Gasteiger partial charge in [-0.15, -0.1) is 0 Å². The summed E-state index contributed by atoms with van der Waals surface area (Å²) in [7, 11) is 1.62. The van der Waals surface area contributed by atoms with Crippen LogP contribution >= 0.6 is 0 Å². The first kappa shape index (κ1) is 20.1. The van der Waals surface area contributed by atoms with E-state index in [0.29, 0.717) is 6.54 Å². The lowest BCUT2D eigenvalue weighted by molar-refractivity contribution is -0.137. The second-order valence-corrected chi connectivity index (χ2v) is 7.13. The van der Waals surface area contributed by atoms with Gasteiger partial charge in [0.2, 0.25) is 0 Å². The van der Waals surface area contributed by atoms with Crippen LogP contribution < -0.4 is 16.2 Å². The van der Waals surface area contributed by atoms with Crippen LogP contribution in [-0.2, 0) is 13.2 Å². The first-order chi connectivity index (χ1) is 14.3. The molecule has 1 fully saturated rings. The molecule has 4 rings (SSSR count). The fraction of sp³-hybridized carbons (Fsp3) is 0.238. The highest BCUT2D eigenvalue weighted by Gasteiger charge is 2.35. The maximum atomic E-state index is 13.5. The largest absolute Gasteiger partial charge is 0.417 e. The number of benzene rings is 2. The van der Waals surface area contributed by atoms with E-state index in [-0.39, 0.29) is 28.9 Å². The number of hydrogen-bond donors (Lipinski definition) is 3. The minimum Gasteiger partial charge on any atom is -0.346 e. The Labute approximate surface area is 171 Å². The van der Waals surface area contributed by atoms with Crippen LogP contribution in [0.1, 0.15) is 27.5 Å². The number of nitrogens with zero attached hydrogens (tertiary/aromatic N) is 2. The van der Waals surface area contributed by atoms with Crippen molar-refractivity contribution < 1.29 is 18.0 Å². The van der Waals surface area contributed by atoms with Crippen molar-refractivity contribution in [1.29, 1.82) is 0 Å². The number of carbonyl (C=O) groups is 1. The van der Waals surface area contributed by atoms with E-state index in [1.807, 2.05) is 30.3 Å². The number of hydrogen-bond acceptors (Lipinski definition) is 4. The summed E-state index contributed by atoms with van der Waals surface area (Å²) < 4.78 is 41.9. The van der Waals surface area contributed by atoms with Gasteiger partial charge in [0.15, 0.2) is 0 Å². The molecule has 1 aliphatic heterocycles. The van der Waals surface area contributed by atoms with Crippen molar-refractivity contribution in [1.82, 2.24) is 25.9 Å². The van der Waals surface area contributed by atoms with Gasteiger partial charge in [-0.2, -0.15) is 18.3 Å². The van der Waals surface area contributed by atoms with Crippen molar-refractivity contribution in [3.63, 3.8) is 0 Å². The average Bonchev–Trinajstić information content (AvgIpc) is 3.36. The lowest BCUT2D eigenvalue weighted by Crippen LogP contribution is -2.40. The molecule has 2 atom stereocenters. The van der Waals surface area contributed by atoms with E-state index in [9.17, 15) is 18.0 Å². The van der Waals surface area contributed by atoms with Gasteiger partial charge in [-0.25, -0.2) is 5.43 Å². The third kappa shape index (κ3) is 4.07. The molecule has 2 heterocycles. The van der Waals surface area contributed by atoms with Crippen LogP contribution in [-0.4, -0.2) is 28.3 Å². The topological polar surface area (TPSA) is 71.0 Å². The number of aromatic nitrogens is 2. The fourth-order valence-electron chi connectivity index (χ4n) is 3.56. The van der Waals surface area contributed by atoms with Gasteiger partial charge >= 0.3 is 6.18 Å². The third-order valence-corrected chi connectivity index (χ3v) is 5.03. The molecule has 0 radical (unpaired) electrons. The molecule has 3 N–H and O–H groups in total. The summed E-state index contributed by atoms with van der Waals surface area (Å²) in [6, 6.07) is 14.0. The predicted molar refractivity (Wildman–Crippen MR) is 105 cm³/mol. The fourth-order valence-corrected chi connectivity index (χ4v) is 3.56. The van der Waals surface area contributed by atoms with E-state index in [1.54, 1.807) is 13.2 Å². The number of halogens is 3. The Kier molecular flexibility index (Phi) is 5.31. The van der Waals surface area contributed by atoms with Crippen molar-refractivity contribution in [2.45, 2.75) is 18.3 Å². The summed E-state index contributed by atoms with van der Waals surface area (Å²) in [6.07, 6.45) is -3.00. The molecule has 2 aromatic carbocycles. The van der Waals surface area contributed by atoms with E-state index >= 15 is 0 Å². The monoisotopic (exact) mass is 415 g/mol. The van der Waals surface area contributed by atoms with Gasteiger partial charge in [-0.1, -0.05) is 30.3 Å². The Morgan fingerprint density at radius 3 is 2.60 bits per heavy atom. The predicted octanol–water partition coefficient (Wildman–Crippen LogP) is 3.05. The van der Waals surface area contributed by atoms with Gasteiger partial charge in [0.05, 0.1) is 23.3 Å². The lowest BCUT2D eigenvalue weighted by Gasteiger charge is -2.20. The Hall–Kier alpha value is -3.17. The highest BCUT2D eigenvalue weighted by Crippen LogP contribution is 2.37. The summed E-state index contributed by atoms with van der Waals surface area (Å²) in [6.45, 7) is 0.485. The van der Waals surface area contributed by atoms with Crippen LogP contribution in [0.2, 0.25) is 0 Å². The highest BCUT2D eigenvalue weighted by atomic mass is 19.4. The maximum absolute atomic E-state index is 13.5. The van der Waals surface area contributed by atoms with E-state index in [2.05, 4.69) is 21.3 Å². The molecule has 1 amide bonds. The van der Waals surface area contributed by atoms with E-state index in [0.717, 1.165) is 11.6 Å². The molecule has 0 spiro atoms. The van der Waals surface area contributed by atoms with Crippen LogP contribution in [0.4, 0.5) is 13.2 Å². The highest BCUT2D eigenvalue weighted by molar-refractivity contribution is 5.96. The van der Waals surface area contributed by atoms with Crippen LogP contribution in [0.3, 0.4) is 0 Å². The molecule has 30 heavy (non-hydrogen) atoms. The van der Waals surface area contributed by atoms with Gasteiger partial charge in [0.1, 0.15) is 0 Å². The molecular weight excluding hydrogens is 395 g/mol. The zero-order valence-electron chi connectivity index (χ0n) is 16.1. The first-order valence-electron chi connectivity index (χ1n) is 9.38. The van der Waals surface area contributed by atoms with E-state index < -0.39 is 17.6 Å². The summed E-state index contributed by atoms with van der Waals surface area (Å²) in [4.78, 5) is 12.9. The van der Waals surface area contributed by atoms with Gasteiger partial charge in [-0.3, -0.25) is 14.9 Å². The maximum Gasteiger partial charge on any atom is 0.417 e. The molecular formula is C21H20F3N5O. The summed E-state index contributed by atoms with van der Waals surface area (Å²) in [5.41, 5.74) is 6.48. The second-order valence-electron chi connectivity index (χ2n) is 7.13. The van der Waals surface area contributed by atoms with Gasteiger partial charge < -0.3 is 5.32 Å². The molecule has 1 saturated heterocycles. The zero-order valence-corrected chi connectivity index (χ0v) is 16.1. The smallest absolute Gasteiger partial charge is 0.346 e. The first-order valence-corrected chi connectivity index (χ1v) is 9.38. The SMILES string of the molecule is Cn1ccc(-c2cc(C(=O)NC3CNNC3c3ccccc3)ccc2C(F)(F)F)n1. The number of aryl methyl sites for hydroxylation is 1. The van der Waals surface area contributed by atoms with Crippen LogP contribution in [0, 0.1) is 0 Å². The van der Waals surface area contributed by atoms with Gasteiger partial charge in [-0.05, 0) is 29.8 Å². The summed E-state index contributed by atoms with van der Waals surface area (Å²) in [5.74, 6) is -0.447. The van der Waals surface area contributed by atoms with E-state index in [4.69, 9.17) is 0 Å². The van der Waals surface area contributed by atoms with Crippen LogP contribution in [0.15, 0.2) is 60.8 Å². The van der Waals surface area contributed by atoms with Gasteiger partial charge in [0.25, 0.3) is 5.91 Å². The van der Waals surface area contributed by atoms with Crippen molar-refractivity contribution in [2.24, 2.45) is 7.05 Å². The normalized spacial score (nSPS) is 19.1. The molecule has 3 aromatic rings. The number of rotatable bonds is 4. The molecule has 0 aliphatic carbocycles. The minimum absolute atomic E-state index is 0.127. The summed E-state index contributed by atoms with van der Waals surface area (Å²) >= 11 is 0. The van der Waals surface area contributed by atoms with E-state index in [1.165, 1.54) is 22.9 Å². The molecule has 0 bridgehead atoms. The molecule has 1 aromatic heterocycles. The number of hydrazine groups is 1. The molecule has 6 nitrogen and oxygen atoms in total. The number of nitrogens with one attached hydrogen (secondary N) is 3. The Morgan fingerprint density at radius 1 is 1.17 bits per heavy atom. The number of alkyl halides is 3. The van der Waals surface area contributed by atoms with Crippen LogP contribution in [0.5, 0.6) is 0 Å². The molecule has 0 saturated carbocycles. The Morgan fingerprint density at radius 2 is 1.93 bits per heavy atom. The number of carbonyl (C=O) groups excluding carboxylic acids is 1. The van der Waals surface area contributed by atoms with Crippen molar-refractivity contribution >= 4 is 5.91 Å². The minimum atomic E-state index is -4.56.